The zero-order chi connectivity index (χ0) is 24.9. The van der Waals surface area contributed by atoms with Crippen molar-refractivity contribution in [3.05, 3.63) is 102 Å². The molecule has 36 heavy (non-hydrogen) atoms. The average Bonchev–Trinajstić information content (AvgIpc) is 2.93. The Morgan fingerprint density at radius 3 is 2.33 bits per heavy atom. The van der Waals surface area contributed by atoms with Gasteiger partial charge in [0, 0.05) is 43.7 Å². The van der Waals surface area contributed by atoms with Gasteiger partial charge in [0.05, 0.1) is 23.9 Å². The molecule has 5 nitrogen and oxygen atoms in total. The minimum Gasteiger partial charge on any atom is -0.497 e. The molecule has 2 heterocycles. The number of methoxy groups -OCH3 is 1. The first-order chi connectivity index (χ1) is 17.6. The molecule has 1 aliphatic rings. The number of carbonyl (C=O) groups excluding carboxylic acids is 1. The van der Waals surface area contributed by atoms with Crippen LogP contribution in [0.5, 0.6) is 5.75 Å². The van der Waals surface area contributed by atoms with E-state index >= 15 is 0 Å². The SMILES string of the molecule is COc1ccc(-c2nc3ccccc3c(C(=O)N3CCN(CC=Cc4ccccc4)CC3)c2C)cc1. The third-order valence-corrected chi connectivity index (χ3v) is 6.85. The van der Waals surface area contributed by atoms with E-state index in [1.165, 1.54) is 5.56 Å². The van der Waals surface area contributed by atoms with Gasteiger partial charge in [0.25, 0.3) is 5.91 Å². The van der Waals surface area contributed by atoms with Gasteiger partial charge in [0.1, 0.15) is 5.75 Å². The summed E-state index contributed by atoms with van der Waals surface area (Å²) < 4.78 is 5.31. The predicted octanol–water partition coefficient (Wildman–Crippen LogP) is 5.69. The van der Waals surface area contributed by atoms with E-state index < -0.39 is 0 Å². The van der Waals surface area contributed by atoms with Gasteiger partial charge in [0.15, 0.2) is 0 Å². The standard InChI is InChI=1S/C31H31N3O2/c1-23-29(27-12-6-7-13-28(27)32-30(23)25-14-16-26(36-2)17-15-25)31(35)34-21-19-33(20-22-34)18-8-11-24-9-4-3-5-10-24/h3-17H,18-22H2,1-2H3. The van der Waals surface area contributed by atoms with Crippen molar-refractivity contribution in [1.82, 2.24) is 14.8 Å². The molecule has 0 bridgehead atoms. The Morgan fingerprint density at radius 2 is 1.61 bits per heavy atom. The second-order valence-electron chi connectivity index (χ2n) is 9.11. The van der Waals surface area contributed by atoms with E-state index in [2.05, 4.69) is 41.3 Å². The molecule has 1 aliphatic heterocycles. The average molecular weight is 478 g/mol. The number of amides is 1. The van der Waals surface area contributed by atoms with Crippen molar-refractivity contribution in [2.75, 3.05) is 39.8 Å². The van der Waals surface area contributed by atoms with Crippen LogP contribution in [0.3, 0.4) is 0 Å². The molecule has 1 amide bonds. The summed E-state index contributed by atoms with van der Waals surface area (Å²) >= 11 is 0. The fourth-order valence-electron chi connectivity index (χ4n) is 4.81. The number of carbonyl (C=O) groups is 1. The fraction of sp³-hybridized carbons (Fsp3) is 0.226. The van der Waals surface area contributed by atoms with Crippen molar-refractivity contribution < 1.29 is 9.53 Å². The lowest BCUT2D eigenvalue weighted by Crippen LogP contribution is -2.48. The first kappa shape index (κ1) is 23.8. The number of hydrogen-bond donors (Lipinski definition) is 0. The van der Waals surface area contributed by atoms with Crippen LogP contribution in [0.15, 0.2) is 84.9 Å². The highest BCUT2D eigenvalue weighted by Gasteiger charge is 2.26. The van der Waals surface area contributed by atoms with Crippen LogP contribution in [0.25, 0.3) is 28.2 Å². The number of hydrogen-bond acceptors (Lipinski definition) is 4. The maximum Gasteiger partial charge on any atom is 0.254 e. The smallest absolute Gasteiger partial charge is 0.254 e. The third-order valence-electron chi connectivity index (χ3n) is 6.85. The molecular weight excluding hydrogens is 446 g/mol. The molecule has 0 saturated carbocycles. The van der Waals surface area contributed by atoms with Crippen LogP contribution < -0.4 is 4.74 Å². The molecular formula is C31H31N3O2. The van der Waals surface area contributed by atoms with E-state index in [1.54, 1.807) is 7.11 Å². The second-order valence-corrected chi connectivity index (χ2v) is 9.11. The maximum absolute atomic E-state index is 13.9. The quantitative estimate of drug-likeness (QED) is 0.358. The van der Waals surface area contributed by atoms with Crippen LogP contribution >= 0.6 is 0 Å². The van der Waals surface area contributed by atoms with Gasteiger partial charge < -0.3 is 9.64 Å². The Kier molecular flexibility index (Phi) is 7.10. The number of fused-ring (bicyclic) bond motifs is 1. The Bertz CT molecular complexity index is 1370. The molecule has 0 N–H and O–H groups in total. The molecule has 4 aromatic rings. The topological polar surface area (TPSA) is 45.7 Å². The summed E-state index contributed by atoms with van der Waals surface area (Å²) in [4.78, 5) is 23.2. The van der Waals surface area contributed by atoms with Gasteiger partial charge in [-0.05, 0) is 48.4 Å². The normalized spacial score (nSPS) is 14.4. The van der Waals surface area contributed by atoms with E-state index in [-0.39, 0.29) is 5.91 Å². The summed E-state index contributed by atoms with van der Waals surface area (Å²) in [6.45, 7) is 6.04. The number of aromatic nitrogens is 1. The van der Waals surface area contributed by atoms with Crippen molar-refractivity contribution in [2.24, 2.45) is 0 Å². The number of pyridine rings is 1. The van der Waals surface area contributed by atoms with E-state index in [0.717, 1.165) is 58.7 Å². The maximum atomic E-state index is 13.9. The highest BCUT2D eigenvalue weighted by Crippen LogP contribution is 2.31. The molecule has 0 aliphatic carbocycles. The lowest BCUT2D eigenvalue weighted by molar-refractivity contribution is 0.0651. The summed E-state index contributed by atoms with van der Waals surface area (Å²) in [5.41, 5.74) is 5.52. The molecule has 5 rings (SSSR count). The van der Waals surface area contributed by atoms with E-state index in [9.17, 15) is 4.79 Å². The first-order valence-electron chi connectivity index (χ1n) is 12.4. The van der Waals surface area contributed by atoms with Crippen molar-refractivity contribution in [3.63, 3.8) is 0 Å². The van der Waals surface area contributed by atoms with Gasteiger partial charge in [-0.3, -0.25) is 9.69 Å². The van der Waals surface area contributed by atoms with Gasteiger partial charge in [-0.25, -0.2) is 4.98 Å². The Balaban J connectivity index is 1.36. The fourth-order valence-corrected chi connectivity index (χ4v) is 4.81. The number of para-hydroxylation sites is 1. The number of rotatable bonds is 6. The molecule has 182 valence electrons. The molecule has 0 unspecified atom stereocenters. The van der Waals surface area contributed by atoms with E-state index in [1.807, 2.05) is 66.4 Å². The lowest BCUT2D eigenvalue weighted by atomic mass is 9.96. The van der Waals surface area contributed by atoms with E-state index in [0.29, 0.717) is 13.1 Å². The monoisotopic (exact) mass is 477 g/mol. The number of benzene rings is 3. The van der Waals surface area contributed by atoms with Crippen LogP contribution in [-0.2, 0) is 0 Å². The zero-order valence-electron chi connectivity index (χ0n) is 20.9. The second kappa shape index (κ2) is 10.8. The number of nitrogens with zero attached hydrogens (tertiary/aromatic N) is 3. The highest BCUT2D eigenvalue weighted by molar-refractivity contribution is 6.09. The molecule has 0 spiro atoms. The summed E-state index contributed by atoms with van der Waals surface area (Å²) in [6, 6.07) is 26.1. The molecule has 1 saturated heterocycles. The van der Waals surface area contributed by atoms with Crippen LogP contribution in [0.1, 0.15) is 21.5 Å². The van der Waals surface area contributed by atoms with Crippen LogP contribution in [0.4, 0.5) is 0 Å². The first-order valence-corrected chi connectivity index (χ1v) is 12.4. The largest absolute Gasteiger partial charge is 0.497 e. The number of ether oxygens (including phenoxy) is 1. The van der Waals surface area contributed by atoms with Gasteiger partial charge in [-0.1, -0.05) is 60.7 Å². The summed E-state index contributed by atoms with van der Waals surface area (Å²) in [5.74, 6) is 0.880. The van der Waals surface area contributed by atoms with Crippen LogP contribution in [0.2, 0.25) is 0 Å². The molecule has 1 aromatic heterocycles. The van der Waals surface area contributed by atoms with Gasteiger partial charge in [-0.2, -0.15) is 0 Å². The van der Waals surface area contributed by atoms with Gasteiger partial charge in [0.2, 0.25) is 0 Å². The van der Waals surface area contributed by atoms with Gasteiger partial charge >= 0.3 is 0 Å². The predicted molar refractivity (Wildman–Crippen MR) is 146 cm³/mol. The minimum atomic E-state index is 0.0836. The van der Waals surface area contributed by atoms with Crippen LogP contribution in [-0.4, -0.2) is 60.5 Å². The van der Waals surface area contributed by atoms with E-state index in [4.69, 9.17) is 9.72 Å². The van der Waals surface area contributed by atoms with Crippen molar-refractivity contribution >= 4 is 22.9 Å². The molecule has 0 radical (unpaired) electrons. The number of piperazine rings is 1. The summed E-state index contributed by atoms with van der Waals surface area (Å²) in [6.07, 6.45) is 4.36. The van der Waals surface area contributed by atoms with Crippen molar-refractivity contribution in [1.29, 1.82) is 0 Å². The Morgan fingerprint density at radius 1 is 0.917 bits per heavy atom. The lowest BCUT2D eigenvalue weighted by Gasteiger charge is -2.34. The van der Waals surface area contributed by atoms with Crippen molar-refractivity contribution in [2.45, 2.75) is 6.92 Å². The molecule has 0 atom stereocenters. The highest BCUT2D eigenvalue weighted by atomic mass is 16.5. The van der Waals surface area contributed by atoms with Crippen molar-refractivity contribution in [3.8, 4) is 17.0 Å². The third kappa shape index (κ3) is 5.02. The molecule has 1 fully saturated rings. The Hall–Kier alpha value is -3.96. The summed E-state index contributed by atoms with van der Waals surface area (Å²) in [5, 5.41) is 0.908. The minimum absolute atomic E-state index is 0.0836. The Labute approximate surface area is 212 Å². The zero-order valence-corrected chi connectivity index (χ0v) is 20.9. The summed E-state index contributed by atoms with van der Waals surface area (Å²) in [7, 11) is 1.66. The molecule has 3 aromatic carbocycles. The van der Waals surface area contributed by atoms with Gasteiger partial charge in [-0.15, -0.1) is 0 Å². The van der Waals surface area contributed by atoms with Crippen LogP contribution in [0, 0.1) is 6.92 Å². The molecule has 5 heteroatoms.